The molecule has 0 radical (unpaired) electrons. The van der Waals surface area contributed by atoms with Crippen molar-refractivity contribution in [2.75, 3.05) is 11.9 Å². The first-order chi connectivity index (χ1) is 23.7. The van der Waals surface area contributed by atoms with E-state index in [0.29, 0.717) is 18.5 Å². The summed E-state index contributed by atoms with van der Waals surface area (Å²) in [5.41, 5.74) is 2.98. The number of cyclic esters (lactones) is 1. The molecular weight excluding hydrogens is 671 g/mol. The monoisotopic (exact) mass is 716 g/mol. The number of carbonyl (C=O) groups is 2. The topological polar surface area (TPSA) is 77.1 Å². The lowest BCUT2D eigenvalue weighted by atomic mass is 9.85. The van der Waals surface area contributed by atoms with E-state index in [1.54, 1.807) is 24.3 Å². The number of carbonyl (C=O) groups excluding carboxylic acids is 2. The number of benzene rings is 4. The smallest absolute Gasteiger partial charge is 0.417 e. The quantitative estimate of drug-likeness (QED) is 0.131. The van der Waals surface area contributed by atoms with E-state index in [0.717, 1.165) is 22.4 Å². The van der Waals surface area contributed by atoms with Crippen molar-refractivity contribution in [2.45, 2.75) is 70.3 Å². The molecule has 2 amide bonds. The fraction of sp³-hybridized carbons (Fsp3) is 0.333. The number of nitrogens with zero attached hydrogens (tertiary/aromatic N) is 1. The second kappa shape index (κ2) is 15.7. The van der Waals surface area contributed by atoms with Crippen molar-refractivity contribution in [1.82, 2.24) is 4.90 Å². The maximum Gasteiger partial charge on any atom is 0.417 e. The summed E-state index contributed by atoms with van der Waals surface area (Å²) in [6, 6.07) is 27.9. The predicted molar refractivity (Wildman–Crippen MR) is 197 cm³/mol. The summed E-state index contributed by atoms with van der Waals surface area (Å²) in [6.45, 7) is 12.6. The molecule has 1 aliphatic heterocycles. The highest BCUT2D eigenvalue weighted by Crippen LogP contribution is 2.39. The minimum absolute atomic E-state index is 0.0387. The van der Waals surface area contributed by atoms with Crippen LogP contribution in [0, 0.1) is 17.6 Å². The van der Waals surface area contributed by atoms with E-state index in [1.165, 1.54) is 29.2 Å². The lowest BCUT2D eigenvalue weighted by Crippen LogP contribution is -2.42. The molecule has 0 spiro atoms. The average molecular weight is 717 g/mol. The highest BCUT2D eigenvalue weighted by Gasteiger charge is 2.44. The van der Waals surface area contributed by atoms with Crippen LogP contribution in [0.2, 0.25) is 39.3 Å². The minimum Gasteiger partial charge on any atom is -0.544 e. The molecule has 4 unspecified atom stereocenters. The lowest BCUT2D eigenvalue weighted by Gasteiger charge is -2.34. The molecule has 7 nitrogen and oxygen atoms in total. The van der Waals surface area contributed by atoms with Gasteiger partial charge in [0.25, 0.3) is 0 Å². The van der Waals surface area contributed by atoms with Crippen LogP contribution in [0.25, 0.3) is 0 Å². The predicted octanol–water partition coefficient (Wildman–Crippen LogP) is 10.0. The molecule has 0 bridgehead atoms. The van der Waals surface area contributed by atoms with E-state index in [-0.39, 0.29) is 18.2 Å². The number of ether oxygens (including phenoxy) is 1. The van der Waals surface area contributed by atoms with Crippen molar-refractivity contribution in [3.05, 3.63) is 131 Å². The number of imide groups is 1. The molecule has 1 saturated heterocycles. The molecule has 264 valence electrons. The van der Waals surface area contributed by atoms with Gasteiger partial charge in [0.05, 0.1) is 18.1 Å². The maximum atomic E-state index is 15.0. The van der Waals surface area contributed by atoms with Gasteiger partial charge in [0.15, 0.2) is 8.32 Å². The Balaban J connectivity index is 1.58. The third-order valence-electron chi connectivity index (χ3n) is 8.32. The van der Waals surface area contributed by atoms with Gasteiger partial charge < -0.3 is 18.9 Å². The van der Waals surface area contributed by atoms with Crippen LogP contribution in [-0.2, 0) is 14.0 Å². The van der Waals surface area contributed by atoms with E-state index < -0.39 is 52.7 Å². The molecule has 0 aliphatic carbocycles. The Hall–Kier alpha value is -4.33. The zero-order chi connectivity index (χ0) is 36.1. The standard InChI is InChI=1S/C39H46F2N2O5Si2/c1-49(2,3)47-33-22-14-29(15-23-33)37(42-32-20-18-31(41)19-21-32)34(24-25-36(48-50(4,5)6)28-12-16-30(40)17-13-28)38(44)43-35(26-46-39(43)45)27-10-8-7-9-11-27/h7-23,34-37,42H,24-26H2,1-6H3. The second-order valence-corrected chi connectivity index (χ2v) is 23.5. The van der Waals surface area contributed by atoms with Gasteiger partial charge >= 0.3 is 6.09 Å². The number of rotatable bonds is 14. The Bertz CT molecular complexity index is 1730. The van der Waals surface area contributed by atoms with Gasteiger partial charge in [-0.3, -0.25) is 4.79 Å². The fourth-order valence-corrected chi connectivity index (χ4v) is 8.12. The first kappa shape index (κ1) is 36.9. The Morgan fingerprint density at radius 1 is 0.800 bits per heavy atom. The molecule has 1 aliphatic rings. The molecular formula is C39H46F2N2O5Si2. The molecule has 1 N–H and O–H groups in total. The molecule has 4 atom stereocenters. The van der Waals surface area contributed by atoms with Gasteiger partial charge in [-0.15, -0.1) is 0 Å². The third kappa shape index (κ3) is 9.89. The zero-order valence-electron chi connectivity index (χ0n) is 29.5. The highest BCUT2D eigenvalue weighted by atomic mass is 28.4. The minimum atomic E-state index is -2.12. The van der Waals surface area contributed by atoms with Gasteiger partial charge in [0, 0.05) is 5.69 Å². The van der Waals surface area contributed by atoms with Crippen molar-refractivity contribution in [1.29, 1.82) is 0 Å². The molecule has 50 heavy (non-hydrogen) atoms. The van der Waals surface area contributed by atoms with Gasteiger partial charge in [0.1, 0.15) is 30.0 Å². The van der Waals surface area contributed by atoms with Crippen LogP contribution < -0.4 is 9.74 Å². The van der Waals surface area contributed by atoms with E-state index in [2.05, 4.69) is 44.6 Å². The summed E-state index contributed by atoms with van der Waals surface area (Å²) in [5.74, 6) is -1.23. The normalized spacial score (nSPS) is 16.8. The Kier molecular flexibility index (Phi) is 11.6. The highest BCUT2D eigenvalue weighted by molar-refractivity contribution is 6.70. The van der Waals surface area contributed by atoms with Crippen LogP contribution >= 0.6 is 0 Å². The molecule has 5 rings (SSSR count). The summed E-state index contributed by atoms with van der Waals surface area (Å²) in [7, 11) is -4.01. The van der Waals surface area contributed by atoms with Crippen molar-refractivity contribution >= 4 is 34.3 Å². The lowest BCUT2D eigenvalue weighted by molar-refractivity contribution is -0.134. The maximum absolute atomic E-state index is 15.0. The van der Waals surface area contributed by atoms with E-state index in [1.807, 2.05) is 54.6 Å². The van der Waals surface area contributed by atoms with Gasteiger partial charge in [-0.25, -0.2) is 18.5 Å². The number of nitrogens with one attached hydrogen (secondary N) is 1. The van der Waals surface area contributed by atoms with Crippen molar-refractivity contribution in [3.63, 3.8) is 0 Å². The summed E-state index contributed by atoms with van der Waals surface area (Å²) < 4.78 is 46.3. The van der Waals surface area contributed by atoms with E-state index in [4.69, 9.17) is 13.6 Å². The van der Waals surface area contributed by atoms with Crippen LogP contribution in [0.4, 0.5) is 19.3 Å². The van der Waals surface area contributed by atoms with Crippen molar-refractivity contribution in [3.8, 4) is 5.75 Å². The average Bonchev–Trinajstić information content (AvgIpc) is 3.45. The second-order valence-electron chi connectivity index (χ2n) is 14.6. The van der Waals surface area contributed by atoms with Gasteiger partial charge in [0.2, 0.25) is 14.2 Å². The Labute approximate surface area is 295 Å². The zero-order valence-corrected chi connectivity index (χ0v) is 31.5. The van der Waals surface area contributed by atoms with Crippen LogP contribution in [0.3, 0.4) is 0 Å². The van der Waals surface area contributed by atoms with Gasteiger partial charge in [-0.1, -0.05) is 54.6 Å². The first-order valence-corrected chi connectivity index (χ1v) is 23.8. The molecule has 4 aromatic rings. The van der Waals surface area contributed by atoms with Crippen molar-refractivity contribution in [2.24, 2.45) is 5.92 Å². The number of amides is 2. The van der Waals surface area contributed by atoms with Crippen LogP contribution in [0.5, 0.6) is 5.75 Å². The largest absolute Gasteiger partial charge is 0.544 e. The number of hydrogen-bond acceptors (Lipinski definition) is 6. The number of halogens is 2. The first-order valence-electron chi connectivity index (χ1n) is 17.0. The summed E-state index contributed by atoms with van der Waals surface area (Å²) in [4.78, 5) is 29.6. The van der Waals surface area contributed by atoms with Crippen LogP contribution in [0.15, 0.2) is 103 Å². The van der Waals surface area contributed by atoms with Gasteiger partial charge in [-0.2, -0.15) is 0 Å². The summed E-state index contributed by atoms with van der Waals surface area (Å²) >= 11 is 0. The molecule has 0 aromatic heterocycles. The van der Waals surface area contributed by atoms with Crippen LogP contribution in [-0.4, -0.2) is 40.1 Å². The summed E-state index contributed by atoms with van der Waals surface area (Å²) in [6.07, 6.45) is -0.430. The third-order valence-corrected chi connectivity index (χ3v) is 10.2. The summed E-state index contributed by atoms with van der Waals surface area (Å²) in [5, 5.41) is 3.50. The Morgan fingerprint density at radius 3 is 1.96 bits per heavy atom. The van der Waals surface area contributed by atoms with Crippen molar-refractivity contribution < 1.29 is 32.0 Å². The van der Waals surface area contributed by atoms with E-state index in [9.17, 15) is 18.4 Å². The molecule has 0 saturated carbocycles. The molecule has 1 fully saturated rings. The Morgan fingerprint density at radius 2 is 1.38 bits per heavy atom. The molecule has 4 aromatic carbocycles. The van der Waals surface area contributed by atoms with E-state index >= 15 is 0 Å². The molecule has 1 heterocycles. The fourth-order valence-electron chi connectivity index (χ4n) is 6.16. The van der Waals surface area contributed by atoms with Gasteiger partial charge in [-0.05, 0) is 117 Å². The molecule has 11 heteroatoms. The van der Waals surface area contributed by atoms with Crippen LogP contribution in [0.1, 0.15) is 47.7 Å². The number of anilines is 1. The SMILES string of the molecule is C[Si](C)(C)Oc1ccc(C(Nc2ccc(F)cc2)C(CCC(O[Si](C)(C)C)c2ccc(F)cc2)C(=O)N2C(=O)OCC2c2ccccc2)cc1. The number of hydrogen-bond donors (Lipinski definition) is 1.